The molecule has 0 saturated heterocycles. The maximum atomic E-state index is 4.95. The molecule has 2 nitrogen and oxygen atoms in total. The first-order chi connectivity index (χ1) is 7.74. The molecule has 2 heteroatoms. The van der Waals surface area contributed by atoms with Crippen molar-refractivity contribution in [3.63, 3.8) is 0 Å². The summed E-state index contributed by atoms with van der Waals surface area (Å²) in [6.07, 6.45) is 4.28. The summed E-state index contributed by atoms with van der Waals surface area (Å²) in [5.74, 6) is 0. The van der Waals surface area contributed by atoms with Gasteiger partial charge in [-0.3, -0.25) is 0 Å². The van der Waals surface area contributed by atoms with E-state index in [9.17, 15) is 0 Å². The summed E-state index contributed by atoms with van der Waals surface area (Å²) >= 11 is 0. The van der Waals surface area contributed by atoms with Crippen LogP contribution in [0, 0.1) is 13.8 Å². The highest BCUT2D eigenvalue weighted by atomic mass is 16.5. The van der Waals surface area contributed by atoms with Crippen molar-refractivity contribution in [2.75, 3.05) is 26.8 Å². The fourth-order valence-electron chi connectivity index (χ4n) is 1.42. The average molecular weight is 219 g/mol. The smallest absolute Gasteiger partial charge is 0.0587 e. The van der Waals surface area contributed by atoms with Crippen molar-refractivity contribution in [3.05, 3.63) is 41.0 Å². The second-order valence-corrected chi connectivity index (χ2v) is 3.94. The van der Waals surface area contributed by atoms with Gasteiger partial charge in [-0.2, -0.15) is 0 Å². The second kappa shape index (κ2) is 7.20. The van der Waals surface area contributed by atoms with Gasteiger partial charge in [0.2, 0.25) is 0 Å². The van der Waals surface area contributed by atoms with Crippen LogP contribution in [-0.4, -0.2) is 26.8 Å². The fourth-order valence-corrected chi connectivity index (χ4v) is 1.42. The summed E-state index contributed by atoms with van der Waals surface area (Å²) in [5.41, 5.74) is 3.95. The molecule has 1 rings (SSSR count). The molecule has 0 amide bonds. The van der Waals surface area contributed by atoms with Crippen molar-refractivity contribution in [2.24, 2.45) is 0 Å². The third-order valence-corrected chi connectivity index (χ3v) is 2.59. The number of nitrogens with one attached hydrogen (secondary N) is 1. The lowest BCUT2D eigenvalue weighted by Crippen LogP contribution is -2.18. The monoisotopic (exact) mass is 219 g/mol. The highest BCUT2D eigenvalue weighted by Gasteiger charge is 1.92. The molecule has 0 radical (unpaired) electrons. The molecule has 0 spiro atoms. The van der Waals surface area contributed by atoms with E-state index in [-0.39, 0.29) is 0 Å². The minimum atomic E-state index is 0.761. The van der Waals surface area contributed by atoms with Gasteiger partial charge in [-0.25, -0.2) is 0 Å². The molecule has 88 valence electrons. The van der Waals surface area contributed by atoms with Gasteiger partial charge in [-0.1, -0.05) is 30.4 Å². The molecule has 16 heavy (non-hydrogen) atoms. The number of methoxy groups -OCH3 is 1. The van der Waals surface area contributed by atoms with E-state index >= 15 is 0 Å². The molecule has 1 aromatic rings. The molecular weight excluding hydrogens is 198 g/mol. The van der Waals surface area contributed by atoms with Gasteiger partial charge in [0.05, 0.1) is 6.61 Å². The zero-order chi connectivity index (χ0) is 11.8. The van der Waals surface area contributed by atoms with Crippen molar-refractivity contribution >= 4 is 6.08 Å². The molecule has 0 bridgehead atoms. The molecule has 0 unspecified atom stereocenters. The van der Waals surface area contributed by atoms with Crippen molar-refractivity contribution in [1.82, 2.24) is 5.32 Å². The van der Waals surface area contributed by atoms with Crippen LogP contribution < -0.4 is 5.32 Å². The fraction of sp³-hybridized carbons (Fsp3) is 0.429. The molecule has 1 aromatic carbocycles. The summed E-state index contributed by atoms with van der Waals surface area (Å²) < 4.78 is 4.95. The van der Waals surface area contributed by atoms with Crippen LogP contribution in [0.3, 0.4) is 0 Å². The lowest BCUT2D eigenvalue weighted by molar-refractivity contribution is 0.200. The molecule has 0 aliphatic heterocycles. The van der Waals surface area contributed by atoms with Crippen molar-refractivity contribution in [2.45, 2.75) is 13.8 Å². The molecule has 0 heterocycles. The van der Waals surface area contributed by atoms with Gasteiger partial charge in [0.15, 0.2) is 0 Å². The first-order valence-electron chi connectivity index (χ1n) is 5.67. The maximum Gasteiger partial charge on any atom is 0.0587 e. The molecule has 0 aromatic heterocycles. The molecule has 0 atom stereocenters. The second-order valence-electron chi connectivity index (χ2n) is 3.94. The first-order valence-corrected chi connectivity index (χ1v) is 5.67. The Bertz CT molecular complexity index is 345. The van der Waals surface area contributed by atoms with Crippen LogP contribution >= 0.6 is 0 Å². The van der Waals surface area contributed by atoms with Gasteiger partial charge in [0.25, 0.3) is 0 Å². The van der Waals surface area contributed by atoms with Crippen LogP contribution in [0.5, 0.6) is 0 Å². The summed E-state index contributed by atoms with van der Waals surface area (Å²) in [4.78, 5) is 0. The van der Waals surface area contributed by atoms with Crippen LogP contribution in [0.15, 0.2) is 24.3 Å². The minimum Gasteiger partial charge on any atom is -0.383 e. The van der Waals surface area contributed by atoms with Gasteiger partial charge in [-0.05, 0) is 30.5 Å². The third kappa shape index (κ3) is 4.60. The minimum absolute atomic E-state index is 0.761. The van der Waals surface area contributed by atoms with Gasteiger partial charge in [-0.15, -0.1) is 0 Å². The predicted molar refractivity (Wildman–Crippen MR) is 69.7 cm³/mol. The molecule has 0 aliphatic carbocycles. The van der Waals surface area contributed by atoms with E-state index in [2.05, 4.69) is 49.5 Å². The lowest BCUT2D eigenvalue weighted by Gasteiger charge is -2.01. The van der Waals surface area contributed by atoms with Crippen molar-refractivity contribution in [1.29, 1.82) is 0 Å². The van der Waals surface area contributed by atoms with E-state index < -0.39 is 0 Å². The van der Waals surface area contributed by atoms with Crippen LogP contribution in [0.25, 0.3) is 6.08 Å². The van der Waals surface area contributed by atoms with E-state index in [0.717, 1.165) is 19.7 Å². The van der Waals surface area contributed by atoms with E-state index in [0.29, 0.717) is 0 Å². The van der Waals surface area contributed by atoms with Crippen molar-refractivity contribution in [3.8, 4) is 0 Å². The predicted octanol–water partition coefficient (Wildman–Crippen LogP) is 2.55. The molecule has 0 aliphatic rings. The van der Waals surface area contributed by atoms with Crippen LogP contribution in [0.2, 0.25) is 0 Å². The Hall–Kier alpha value is -1.12. The van der Waals surface area contributed by atoms with E-state index in [1.165, 1.54) is 16.7 Å². The Labute approximate surface area is 98.3 Å². The molecule has 0 fully saturated rings. The van der Waals surface area contributed by atoms with Gasteiger partial charge in [0, 0.05) is 20.2 Å². The Kier molecular flexibility index (Phi) is 5.83. The van der Waals surface area contributed by atoms with Gasteiger partial charge in [0.1, 0.15) is 0 Å². The largest absolute Gasteiger partial charge is 0.383 e. The number of hydrogen-bond donors (Lipinski definition) is 1. The molecule has 1 N–H and O–H groups in total. The topological polar surface area (TPSA) is 21.3 Å². The summed E-state index contributed by atoms with van der Waals surface area (Å²) in [5, 5.41) is 3.27. The van der Waals surface area contributed by atoms with Crippen molar-refractivity contribution < 1.29 is 4.74 Å². The maximum absolute atomic E-state index is 4.95. The number of ether oxygens (including phenoxy) is 1. The normalized spacial score (nSPS) is 11.2. The van der Waals surface area contributed by atoms with Crippen LogP contribution in [0.4, 0.5) is 0 Å². The number of aryl methyl sites for hydroxylation is 2. The van der Waals surface area contributed by atoms with E-state index in [4.69, 9.17) is 4.74 Å². The zero-order valence-electron chi connectivity index (χ0n) is 10.4. The summed E-state index contributed by atoms with van der Waals surface area (Å²) in [6.45, 7) is 6.82. The number of hydrogen-bond acceptors (Lipinski definition) is 2. The highest BCUT2D eigenvalue weighted by Crippen LogP contribution is 2.10. The quantitative estimate of drug-likeness (QED) is 0.742. The van der Waals surface area contributed by atoms with Crippen LogP contribution in [-0.2, 0) is 4.74 Å². The Morgan fingerprint density at radius 3 is 2.75 bits per heavy atom. The third-order valence-electron chi connectivity index (χ3n) is 2.59. The number of rotatable bonds is 6. The standard InChI is InChI=1S/C14H21NO/c1-12-6-7-14(11-13(12)2)5-4-8-15-9-10-16-3/h4-7,11,15H,8-10H2,1-3H3. The first kappa shape index (κ1) is 12.9. The highest BCUT2D eigenvalue weighted by molar-refractivity contribution is 5.51. The van der Waals surface area contributed by atoms with Gasteiger partial charge < -0.3 is 10.1 Å². The SMILES string of the molecule is COCCNCC=Cc1ccc(C)c(C)c1. The zero-order valence-corrected chi connectivity index (χ0v) is 10.4. The molecular formula is C14H21NO. The van der Waals surface area contributed by atoms with Crippen LogP contribution in [0.1, 0.15) is 16.7 Å². The molecule has 0 saturated carbocycles. The average Bonchev–Trinajstić information content (AvgIpc) is 2.28. The lowest BCUT2D eigenvalue weighted by atomic mass is 10.1. The van der Waals surface area contributed by atoms with E-state index in [1.807, 2.05) is 0 Å². The summed E-state index contributed by atoms with van der Waals surface area (Å²) in [7, 11) is 1.71. The van der Waals surface area contributed by atoms with E-state index in [1.54, 1.807) is 7.11 Å². The Balaban J connectivity index is 2.35. The number of benzene rings is 1. The van der Waals surface area contributed by atoms with Gasteiger partial charge >= 0.3 is 0 Å². The Morgan fingerprint density at radius 1 is 1.25 bits per heavy atom. The Morgan fingerprint density at radius 2 is 2.06 bits per heavy atom. The summed E-state index contributed by atoms with van der Waals surface area (Å²) in [6, 6.07) is 6.52.